The second kappa shape index (κ2) is 4.61. The van der Waals surface area contributed by atoms with Crippen LogP contribution < -0.4 is 0 Å². The van der Waals surface area contributed by atoms with Crippen molar-refractivity contribution in [1.82, 2.24) is 14.7 Å². The first-order valence-electron chi connectivity index (χ1n) is 4.68. The molecule has 0 aliphatic carbocycles. The lowest BCUT2D eigenvalue weighted by Gasteiger charge is -2.03. The first-order valence-corrected chi connectivity index (χ1v) is 4.68. The van der Waals surface area contributed by atoms with Crippen molar-refractivity contribution in [3.8, 4) is 0 Å². The van der Waals surface area contributed by atoms with Gasteiger partial charge >= 0.3 is 5.69 Å². The molecule has 0 N–H and O–H groups in total. The Morgan fingerprint density at radius 2 is 2.19 bits per heavy atom. The first-order chi connectivity index (χ1) is 7.47. The zero-order chi connectivity index (χ0) is 12.3. The fourth-order valence-electron chi connectivity index (χ4n) is 1.30. The zero-order valence-electron chi connectivity index (χ0n) is 9.54. The highest BCUT2D eigenvalue weighted by Gasteiger charge is 2.22. The summed E-state index contributed by atoms with van der Waals surface area (Å²) in [5.74, 6) is 0. The van der Waals surface area contributed by atoms with Crippen LogP contribution in [-0.2, 0) is 0 Å². The molecule has 16 heavy (non-hydrogen) atoms. The maximum atomic E-state index is 10.9. The molecule has 0 aliphatic heterocycles. The van der Waals surface area contributed by atoms with Gasteiger partial charge in [-0.1, -0.05) is 6.58 Å². The predicted octanol–water partition coefficient (Wildman–Crippen LogP) is 1.73. The van der Waals surface area contributed by atoms with Crippen LogP contribution >= 0.6 is 0 Å². The van der Waals surface area contributed by atoms with Crippen LogP contribution in [0.15, 0.2) is 12.8 Å². The van der Waals surface area contributed by atoms with Gasteiger partial charge in [0.05, 0.1) is 4.92 Å². The van der Waals surface area contributed by atoms with Gasteiger partial charge in [-0.3, -0.25) is 10.1 Å². The predicted molar refractivity (Wildman–Crippen MR) is 62.7 cm³/mol. The monoisotopic (exact) mass is 222 g/mol. The quantitative estimate of drug-likeness (QED) is 0.575. The third kappa shape index (κ3) is 2.28. The molecule has 0 unspecified atom stereocenters. The van der Waals surface area contributed by atoms with Crippen molar-refractivity contribution in [1.29, 1.82) is 0 Å². The number of aryl methyl sites for hydroxylation is 1. The Kier molecular flexibility index (Phi) is 3.44. The van der Waals surface area contributed by atoms with Crippen LogP contribution in [0.4, 0.5) is 5.69 Å². The molecule has 6 nitrogen and oxygen atoms in total. The van der Waals surface area contributed by atoms with Crippen LogP contribution in [-0.4, -0.2) is 33.7 Å². The summed E-state index contributed by atoms with van der Waals surface area (Å²) in [6.45, 7) is 5.17. The maximum Gasteiger partial charge on any atom is 0.317 e. The van der Waals surface area contributed by atoms with Gasteiger partial charge in [0.1, 0.15) is 11.4 Å². The van der Waals surface area contributed by atoms with E-state index in [2.05, 4.69) is 11.7 Å². The summed E-state index contributed by atoms with van der Waals surface area (Å²) in [6.07, 6.45) is 4.80. The third-order valence-electron chi connectivity index (χ3n) is 1.98. The van der Waals surface area contributed by atoms with Crippen LogP contribution in [0, 0.1) is 17.0 Å². The van der Waals surface area contributed by atoms with E-state index in [1.54, 1.807) is 24.1 Å². The largest absolute Gasteiger partial charge is 0.383 e. The number of aromatic nitrogens is 2. The minimum absolute atomic E-state index is 0.0120. The van der Waals surface area contributed by atoms with Gasteiger partial charge < -0.3 is 4.90 Å². The Labute approximate surface area is 93.6 Å². The molecule has 0 aliphatic rings. The molecule has 1 aromatic heterocycles. The van der Waals surface area contributed by atoms with E-state index >= 15 is 0 Å². The summed E-state index contributed by atoms with van der Waals surface area (Å²) in [6, 6.07) is 0. The van der Waals surface area contributed by atoms with Crippen molar-refractivity contribution in [2.75, 3.05) is 14.1 Å². The van der Waals surface area contributed by atoms with Crippen molar-refractivity contribution in [2.24, 2.45) is 0 Å². The molecule has 1 aromatic rings. The van der Waals surface area contributed by atoms with Crippen molar-refractivity contribution >= 4 is 18.0 Å². The number of nitro groups is 1. The SMILES string of the molecule is C=Cn1nc(C)c([N+](=O)[O-])c1/C=C/N(C)C. The topological polar surface area (TPSA) is 64.2 Å². The second-order valence-corrected chi connectivity index (χ2v) is 3.48. The molecule has 1 rings (SSSR count). The number of rotatable bonds is 4. The molecule has 0 radical (unpaired) electrons. The van der Waals surface area contributed by atoms with E-state index in [4.69, 9.17) is 0 Å². The van der Waals surface area contributed by atoms with Crippen LogP contribution in [0.3, 0.4) is 0 Å². The summed E-state index contributed by atoms with van der Waals surface area (Å²) in [7, 11) is 3.67. The van der Waals surface area contributed by atoms with Crippen LogP contribution in [0.5, 0.6) is 0 Å². The molecule has 0 bridgehead atoms. The van der Waals surface area contributed by atoms with Crippen LogP contribution in [0.1, 0.15) is 11.4 Å². The van der Waals surface area contributed by atoms with Gasteiger partial charge in [-0.15, -0.1) is 0 Å². The highest BCUT2D eigenvalue weighted by atomic mass is 16.6. The van der Waals surface area contributed by atoms with E-state index < -0.39 is 4.92 Å². The maximum absolute atomic E-state index is 10.9. The van der Waals surface area contributed by atoms with Gasteiger partial charge in [0, 0.05) is 26.5 Å². The molecule has 6 heteroatoms. The Morgan fingerprint density at radius 3 is 2.62 bits per heavy atom. The average Bonchev–Trinajstić information content (AvgIpc) is 2.51. The molecule has 0 saturated heterocycles. The highest BCUT2D eigenvalue weighted by Crippen LogP contribution is 2.24. The smallest absolute Gasteiger partial charge is 0.317 e. The molecule has 0 atom stereocenters. The number of nitrogens with zero attached hydrogens (tertiary/aromatic N) is 4. The third-order valence-corrected chi connectivity index (χ3v) is 1.98. The summed E-state index contributed by atoms with van der Waals surface area (Å²) < 4.78 is 1.40. The Bertz CT molecular complexity index is 446. The van der Waals surface area contributed by atoms with E-state index in [1.165, 1.54) is 10.9 Å². The lowest BCUT2D eigenvalue weighted by Crippen LogP contribution is -2.01. The highest BCUT2D eigenvalue weighted by molar-refractivity contribution is 5.61. The molecule has 0 fully saturated rings. The molecular weight excluding hydrogens is 208 g/mol. The molecule has 86 valence electrons. The van der Waals surface area contributed by atoms with Crippen molar-refractivity contribution in [3.05, 3.63) is 34.3 Å². The van der Waals surface area contributed by atoms with Crippen LogP contribution in [0.2, 0.25) is 0 Å². The van der Waals surface area contributed by atoms with Gasteiger partial charge in [0.2, 0.25) is 0 Å². The normalized spacial score (nSPS) is 10.7. The molecule has 0 saturated carbocycles. The average molecular weight is 222 g/mol. The van der Waals surface area contributed by atoms with Gasteiger partial charge in [0.25, 0.3) is 0 Å². The van der Waals surface area contributed by atoms with Gasteiger partial charge in [-0.2, -0.15) is 5.10 Å². The number of hydrogen-bond acceptors (Lipinski definition) is 4. The first kappa shape index (κ1) is 12.0. The molecule has 0 spiro atoms. The number of hydrogen-bond donors (Lipinski definition) is 0. The fourth-order valence-corrected chi connectivity index (χ4v) is 1.30. The summed E-state index contributed by atoms with van der Waals surface area (Å²) in [5.41, 5.74) is 0.813. The lowest BCUT2D eigenvalue weighted by molar-refractivity contribution is -0.385. The Morgan fingerprint density at radius 1 is 1.56 bits per heavy atom. The Balaban J connectivity index is 3.32. The summed E-state index contributed by atoms with van der Waals surface area (Å²) in [5, 5.41) is 14.9. The summed E-state index contributed by atoms with van der Waals surface area (Å²) >= 11 is 0. The molecular formula is C10H14N4O2. The van der Waals surface area contributed by atoms with E-state index in [9.17, 15) is 10.1 Å². The van der Waals surface area contributed by atoms with Gasteiger partial charge in [0.15, 0.2) is 0 Å². The zero-order valence-corrected chi connectivity index (χ0v) is 9.54. The second-order valence-electron chi connectivity index (χ2n) is 3.48. The molecule has 1 heterocycles. The van der Waals surface area contributed by atoms with Crippen molar-refractivity contribution in [3.63, 3.8) is 0 Å². The van der Waals surface area contributed by atoms with E-state index in [-0.39, 0.29) is 5.69 Å². The van der Waals surface area contributed by atoms with Gasteiger partial charge in [-0.25, -0.2) is 4.68 Å². The standard InChI is InChI=1S/C10H14N4O2/c1-5-13-9(6-7-12(3)4)10(14(15)16)8(2)11-13/h5-7H,1H2,2-4H3/b7-6+. The fraction of sp³-hybridized carbons (Fsp3) is 0.300. The Hall–Kier alpha value is -2.11. The van der Waals surface area contributed by atoms with Gasteiger partial charge in [-0.05, 0) is 13.0 Å². The van der Waals surface area contributed by atoms with Crippen molar-refractivity contribution < 1.29 is 4.92 Å². The summed E-state index contributed by atoms with van der Waals surface area (Å²) in [4.78, 5) is 12.2. The lowest BCUT2D eigenvalue weighted by atomic mass is 10.3. The molecule has 0 aromatic carbocycles. The van der Waals surface area contributed by atoms with E-state index in [1.807, 2.05) is 14.1 Å². The van der Waals surface area contributed by atoms with E-state index in [0.717, 1.165) is 0 Å². The molecule has 0 amide bonds. The minimum Gasteiger partial charge on any atom is -0.383 e. The minimum atomic E-state index is -0.433. The van der Waals surface area contributed by atoms with Crippen LogP contribution in [0.25, 0.3) is 12.3 Å². The van der Waals surface area contributed by atoms with E-state index in [0.29, 0.717) is 11.4 Å². The van der Waals surface area contributed by atoms with Crippen molar-refractivity contribution in [2.45, 2.75) is 6.92 Å².